The van der Waals surface area contributed by atoms with Crippen molar-refractivity contribution in [2.24, 2.45) is 5.73 Å². The Kier molecular flexibility index (Phi) is 7.86. The van der Waals surface area contributed by atoms with Gasteiger partial charge in [0.05, 0.1) is 28.0 Å². The van der Waals surface area contributed by atoms with Gasteiger partial charge in [0, 0.05) is 36.5 Å². The monoisotopic (exact) mass is 555 g/mol. The fourth-order valence-corrected chi connectivity index (χ4v) is 5.17. The molecule has 4 rings (SSSR count). The molecule has 39 heavy (non-hydrogen) atoms. The van der Waals surface area contributed by atoms with Gasteiger partial charge in [0.1, 0.15) is 27.6 Å². The lowest BCUT2D eigenvalue weighted by Crippen LogP contribution is -2.32. The zero-order valence-electron chi connectivity index (χ0n) is 23.5. The summed E-state index contributed by atoms with van der Waals surface area (Å²) in [6, 6.07) is 5.32. The van der Waals surface area contributed by atoms with Gasteiger partial charge in [-0.3, -0.25) is 0 Å². The van der Waals surface area contributed by atoms with Crippen molar-refractivity contribution in [2.75, 3.05) is 11.6 Å². The van der Waals surface area contributed by atoms with Crippen molar-refractivity contribution in [1.29, 1.82) is 0 Å². The Morgan fingerprint density at radius 3 is 2.54 bits per heavy atom. The number of pyridine rings is 3. The predicted molar refractivity (Wildman–Crippen MR) is 151 cm³/mol. The van der Waals surface area contributed by atoms with Crippen molar-refractivity contribution >= 4 is 38.2 Å². The summed E-state index contributed by atoms with van der Waals surface area (Å²) in [7, 11) is -3.18. The number of esters is 1. The second-order valence-electron chi connectivity index (χ2n) is 10.8. The number of hydrogen-bond donors (Lipinski definition) is 2. The van der Waals surface area contributed by atoms with Crippen LogP contribution in [0.2, 0.25) is 0 Å². The SMILES string of the molecule is CCC(C)(N)c1cnc(O[C@H](C)C[C@@H](C)S(C)(=O)=O)c2cnc(Nc3ccc4c(n3)[C@@H](C)[C@H](C)OC4=O)cc12. The molecule has 0 amide bonds. The van der Waals surface area contributed by atoms with Crippen LogP contribution in [-0.2, 0) is 20.1 Å². The first-order chi connectivity index (χ1) is 18.2. The molecule has 0 spiro atoms. The fraction of sp³-hybridized carbons (Fsp3) is 0.500. The highest BCUT2D eigenvalue weighted by Gasteiger charge is 2.31. The van der Waals surface area contributed by atoms with Gasteiger partial charge >= 0.3 is 5.97 Å². The minimum Gasteiger partial charge on any atom is -0.474 e. The van der Waals surface area contributed by atoms with Crippen molar-refractivity contribution in [3.05, 3.63) is 47.4 Å². The first-order valence-corrected chi connectivity index (χ1v) is 15.1. The molecular formula is C28H37N5O5S. The largest absolute Gasteiger partial charge is 0.474 e. The first-order valence-electron chi connectivity index (χ1n) is 13.1. The van der Waals surface area contributed by atoms with Crippen LogP contribution in [0.1, 0.15) is 81.9 Å². The van der Waals surface area contributed by atoms with Crippen LogP contribution in [0.25, 0.3) is 10.8 Å². The van der Waals surface area contributed by atoms with Crippen molar-refractivity contribution < 1.29 is 22.7 Å². The molecule has 0 saturated heterocycles. The van der Waals surface area contributed by atoms with E-state index in [0.717, 1.165) is 10.9 Å². The molecule has 1 aliphatic rings. The van der Waals surface area contributed by atoms with E-state index in [-0.39, 0.29) is 24.1 Å². The molecule has 1 unspecified atom stereocenters. The van der Waals surface area contributed by atoms with Crippen LogP contribution in [0.5, 0.6) is 5.88 Å². The average molecular weight is 556 g/mol. The number of hydrogen-bond acceptors (Lipinski definition) is 10. The number of nitrogens with one attached hydrogen (secondary N) is 1. The Labute approximate surface area is 229 Å². The molecule has 210 valence electrons. The van der Waals surface area contributed by atoms with E-state index in [9.17, 15) is 13.2 Å². The van der Waals surface area contributed by atoms with E-state index in [1.54, 1.807) is 31.5 Å². The molecule has 3 N–H and O–H groups in total. The van der Waals surface area contributed by atoms with Crippen molar-refractivity contribution in [3.63, 3.8) is 0 Å². The Morgan fingerprint density at radius 2 is 1.87 bits per heavy atom. The van der Waals surface area contributed by atoms with Crippen molar-refractivity contribution in [1.82, 2.24) is 15.0 Å². The quantitative estimate of drug-likeness (QED) is 0.359. The van der Waals surface area contributed by atoms with Crippen LogP contribution in [0.3, 0.4) is 0 Å². The van der Waals surface area contributed by atoms with E-state index in [1.807, 2.05) is 40.7 Å². The zero-order chi connectivity index (χ0) is 28.7. The molecule has 0 fully saturated rings. The molecule has 0 aliphatic carbocycles. The Balaban J connectivity index is 1.71. The summed E-state index contributed by atoms with van der Waals surface area (Å²) >= 11 is 0. The zero-order valence-corrected chi connectivity index (χ0v) is 24.3. The van der Waals surface area contributed by atoms with E-state index in [4.69, 9.17) is 20.2 Å². The van der Waals surface area contributed by atoms with Gasteiger partial charge < -0.3 is 20.5 Å². The standard InChI is InChI=1S/C28H37N5O5S/c1-8-28(6,29)22-14-31-26(37-15(2)11-16(3)39(7,35)36)21-13-30-24(12-20(21)22)32-23-10-9-19-25(33-23)17(4)18(5)38-27(19)34/h9-10,12-18H,8,11,29H2,1-7H3,(H,30,32,33)/t15-,16-,17+,18+,28?/m1/s1. The number of anilines is 2. The minimum atomic E-state index is -3.18. The smallest absolute Gasteiger partial charge is 0.340 e. The van der Waals surface area contributed by atoms with E-state index in [1.165, 1.54) is 6.26 Å². The summed E-state index contributed by atoms with van der Waals surface area (Å²) in [5.74, 6) is 1.04. The van der Waals surface area contributed by atoms with Gasteiger partial charge in [-0.2, -0.15) is 0 Å². The molecule has 0 bridgehead atoms. The lowest BCUT2D eigenvalue weighted by Gasteiger charge is -2.27. The van der Waals surface area contributed by atoms with E-state index >= 15 is 0 Å². The predicted octanol–water partition coefficient (Wildman–Crippen LogP) is 4.61. The van der Waals surface area contributed by atoms with Crippen LogP contribution < -0.4 is 15.8 Å². The summed E-state index contributed by atoms with van der Waals surface area (Å²) in [5.41, 5.74) is 7.97. The number of nitrogens with two attached hydrogens (primary N) is 1. The highest BCUT2D eigenvalue weighted by atomic mass is 32.2. The van der Waals surface area contributed by atoms with Crippen molar-refractivity contribution in [2.45, 2.75) is 83.3 Å². The molecule has 4 heterocycles. The van der Waals surface area contributed by atoms with Gasteiger partial charge in [0.15, 0.2) is 0 Å². The number of cyclic esters (lactones) is 1. The highest BCUT2D eigenvalue weighted by Crippen LogP contribution is 2.35. The summed E-state index contributed by atoms with van der Waals surface area (Å²) in [4.78, 5) is 26.1. The lowest BCUT2D eigenvalue weighted by atomic mass is 9.88. The third kappa shape index (κ3) is 5.99. The number of carbonyl (C=O) groups is 1. The lowest BCUT2D eigenvalue weighted by molar-refractivity contribution is 0.0235. The van der Waals surface area contributed by atoms with Crippen LogP contribution in [0.4, 0.5) is 11.6 Å². The number of sulfone groups is 1. The number of carbonyl (C=O) groups excluding carboxylic acids is 1. The summed E-state index contributed by atoms with van der Waals surface area (Å²) in [6.45, 7) is 11.3. The van der Waals surface area contributed by atoms with Crippen LogP contribution in [0.15, 0.2) is 30.6 Å². The third-order valence-corrected chi connectivity index (χ3v) is 9.28. The number of fused-ring (bicyclic) bond motifs is 2. The molecule has 5 atom stereocenters. The van der Waals surface area contributed by atoms with Gasteiger partial charge in [-0.25, -0.2) is 28.2 Å². The van der Waals surface area contributed by atoms with Crippen LogP contribution in [0, 0.1) is 0 Å². The molecule has 11 heteroatoms. The van der Waals surface area contributed by atoms with Crippen LogP contribution >= 0.6 is 0 Å². The summed E-state index contributed by atoms with van der Waals surface area (Å²) < 4.78 is 35.3. The Morgan fingerprint density at radius 1 is 1.15 bits per heavy atom. The van der Waals surface area contributed by atoms with E-state index in [2.05, 4.69) is 15.3 Å². The number of aromatic nitrogens is 3. The molecule has 0 saturated carbocycles. The fourth-order valence-electron chi connectivity index (χ4n) is 4.55. The van der Waals surface area contributed by atoms with Crippen molar-refractivity contribution in [3.8, 4) is 5.88 Å². The maximum atomic E-state index is 12.3. The normalized spacial score (nSPS) is 20.5. The van der Waals surface area contributed by atoms with Gasteiger partial charge in [-0.05, 0) is 63.3 Å². The maximum Gasteiger partial charge on any atom is 0.340 e. The van der Waals surface area contributed by atoms with Gasteiger partial charge in [-0.1, -0.05) is 13.8 Å². The summed E-state index contributed by atoms with van der Waals surface area (Å²) in [5, 5.41) is 4.20. The number of nitrogens with zero attached hydrogens (tertiary/aromatic N) is 3. The molecular weight excluding hydrogens is 518 g/mol. The Bertz CT molecular complexity index is 1510. The van der Waals surface area contributed by atoms with Gasteiger partial charge in [0.2, 0.25) is 5.88 Å². The molecule has 0 aromatic carbocycles. The summed E-state index contributed by atoms with van der Waals surface area (Å²) in [6.07, 6.45) is 4.96. The molecule has 0 radical (unpaired) electrons. The molecule has 1 aliphatic heterocycles. The average Bonchev–Trinajstić information content (AvgIpc) is 2.86. The van der Waals surface area contributed by atoms with E-state index in [0.29, 0.717) is 47.0 Å². The second kappa shape index (κ2) is 10.7. The molecule has 3 aromatic heterocycles. The first kappa shape index (κ1) is 28.7. The van der Waals surface area contributed by atoms with Gasteiger partial charge in [-0.15, -0.1) is 0 Å². The highest BCUT2D eigenvalue weighted by molar-refractivity contribution is 7.91. The number of ether oxygens (including phenoxy) is 2. The van der Waals surface area contributed by atoms with Crippen LogP contribution in [-0.4, -0.2) is 53.1 Å². The maximum absolute atomic E-state index is 12.3. The third-order valence-electron chi connectivity index (χ3n) is 7.62. The number of rotatable bonds is 9. The minimum absolute atomic E-state index is 0.0451. The topological polar surface area (TPSA) is 146 Å². The van der Waals surface area contributed by atoms with E-state index < -0.39 is 20.6 Å². The molecule has 3 aromatic rings. The Hall–Kier alpha value is -3.31. The molecule has 10 nitrogen and oxygen atoms in total. The van der Waals surface area contributed by atoms with Gasteiger partial charge in [0.25, 0.3) is 0 Å². The second-order valence-corrected chi connectivity index (χ2v) is 13.3.